The van der Waals surface area contributed by atoms with Gasteiger partial charge in [0.15, 0.2) is 11.2 Å². The predicted octanol–water partition coefficient (Wildman–Crippen LogP) is 9.43. The zero-order valence-electron chi connectivity index (χ0n) is 31.4. The number of anilines is 2. The van der Waals surface area contributed by atoms with Gasteiger partial charge in [0, 0.05) is 59.7 Å². The monoisotopic (exact) mass is 814 g/mol. The number of nitrogen functional groups attached to an aromatic ring is 1. The number of nitrogens with two attached hydrogens (primary N) is 1. The van der Waals surface area contributed by atoms with Gasteiger partial charge in [0.2, 0.25) is 11.8 Å². The number of benzene rings is 4. The number of hydrogen-bond acceptors (Lipinski definition) is 11. The first-order valence-electron chi connectivity index (χ1n) is 18.0. The molecule has 8 aromatic rings. The summed E-state index contributed by atoms with van der Waals surface area (Å²) in [6.45, 7) is 0.609. The summed E-state index contributed by atoms with van der Waals surface area (Å²) in [4.78, 5) is 42.9. The highest BCUT2D eigenvalue weighted by Crippen LogP contribution is 2.31. The third-order valence-corrected chi connectivity index (χ3v) is 9.58. The number of aromatic nitrogens is 4. The average molecular weight is 816 g/mol. The molecule has 0 atom stereocenters. The number of carbonyl (C=O) groups excluding carboxylic acids is 2. The molecule has 9 rings (SSSR count). The largest absolute Gasteiger partial charge is 0.497 e. The van der Waals surface area contributed by atoms with Crippen molar-refractivity contribution in [3.8, 4) is 34.4 Å². The maximum Gasteiger partial charge on any atom is 0.258 e. The lowest BCUT2D eigenvalue weighted by Gasteiger charge is -2.28. The van der Waals surface area contributed by atoms with E-state index in [9.17, 15) is 9.59 Å². The van der Waals surface area contributed by atoms with E-state index in [1.807, 2.05) is 66.7 Å². The smallest absolute Gasteiger partial charge is 0.258 e. The number of carbonyl (C=O) groups is 2. The van der Waals surface area contributed by atoms with Gasteiger partial charge in [-0.15, -0.1) is 11.6 Å². The number of ether oxygens (including phenoxy) is 2. The van der Waals surface area contributed by atoms with Crippen molar-refractivity contribution < 1.29 is 27.9 Å². The number of aryl methyl sites for hydroxylation is 1. The van der Waals surface area contributed by atoms with E-state index in [1.165, 1.54) is 0 Å². The number of nitrogens with zero attached hydrogens (tertiary/aromatic N) is 5. The SMILES string of the molecule is COc1ccc(C(=O)Cl)c(CCCl)c1.COc1ccc2c(c1)CCN(c1ccc3oc(-c4cccnc4)nc3c1)C2=O.Nc1ccc2oc(-c3cccnc3)nc2c1. The molecule has 1 aliphatic rings. The topological polar surface area (TPSA) is 160 Å². The zero-order valence-corrected chi connectivity index (χ0v) is 32.9. The summed E-state index contributed by atoms with van der Waals surface area (Å²) >= 11 is 11.0. The highest BCUT2D eigenvalue weighted by Gasteiger charge is 2.26. The Kier molecular flexibility index (Phi) is 12.3. The van der Waals surface area contributed by atoms with E-state index in [0.29, 0.717) is 64.3 Å². The molecule has 14 heteroatoms. The average Bonchev–Trinajstić information content (AvgIpc) is 3.89. The van der Waals surface area contributed by atoms with Crippen LogP contribution in [0.2, 0.25) is 0 Å². The Morgan fingerprint density at radius 3 is 2.02 bits per heavy atom. The normalized spacial score (nSPS) is 11.9. The molecule has 1 aliphatic heterocycles. The second-order valence-electron chi connectivity index (χ2n) is 12.9. The summed E-state index contributed by atoms with van der Waals surface area (Å²) < 4.78 is 21.7. The Balaban J connectivity index is 0.000000145. The number of halogens is 2. The Labute approximate surface area is 343 Å². The molecule has 5 heterocycles. The van der Waals surface area contributed by atoms with Crippen LogP contribution in [-0.4, -0.2) is 57.7 Å². The quantitative estimate of drug-likeness (QED) is 0.0884. The zero-order chi connectivity index (χ0) is 40.6. The van der Waals surface area contributed by atoms with Crippen LogP contribution in [0.4, 0.5) is 11.4 Å². The molecule has 0 fully saturated rings. The van der Waals surface area contributed by atoms with E-state index in [-0.39, 0.29) is 5.91 Å². The minimum Gasteiger partial charge on any atom is -0.497 e. The lowest BCUT2D eigenvalue weighted by molar-refractivity contribution is 0.0980. The molecule has 0 spiro atoms. The van der Waals surface area contributed by atoms with Crippen LogP contribution in [0.25, 0.3) is 45.1 Å². The van der Waals surface area contributed by atoms with E-state index in [0.717, 1.165) is 51.2 Å². The van der Waals surface area contributed by atoms with Gasteiger partial charge in [-0.3, -0.25) is 19.6 Å². The molecule has 4 aromatic heterocycles. The van der Waals surface area contributed by atoms with Crippen molar-refractivity contribution in [3.05, 3.63) is 144 Å². The number of hydrogen-bond donors (Lipinski definition) is 1. The molecule has 0 radical (unpaired) electrons. The van der Waals surface area contributed by atoms with E-state index in [1.54, 1.807) is 74.2 Å². The number of alkyl halides is 1. The highest BCUT2D eigenvalue weighted by atomic mass is 35.5. The van der Waals surface area contributed by atoms with Crippen LogP contribution in [-0.2, 0) is 12.8 Å². The van der Waals surface area contributed by atoms with E-state index < -0.39 is 5.24 Å². The predicted molar refractivity (Wildman–Crippen MR) is 225 cm³/mol. The van der Waals surface area contributed by atoms with Crippen LogP contribution in [0.1, 0.15) is 31.8 Å². The van der Waals surface area contributed by atoms with Crippen LogP contribution >= 0.6 is 23.2 Å². The minimum absolute atomic E-state index is 0.0146. The van der Waals surface area contributed by atoms with Gasteiger partial charge in [-0.05, 0) is 133 Å². The Hall–Kier alpha value is -6.76. The summed E-state index contributed by atoms with van der Waals surface area (Å²) in [5.41, 5.74) is 14.8. The minimum atomic E-state index is -0.465. The van der Waals surface area contributed by atoms with Crippen LogP contribution in [0.3, 0.4) is 0 Å². The molecule has 0 unspecified atom stereocenters. The number of amides is 1. The molecule has 0 bridgehead atoms. The summed E-state index contributed by atoms with van der Waals surface area (Å²) in [6, 6.07) is 29.3. The van der Waals surface area contributed by atoms with Crippen molar-refractivity contribution in [3.63, 3.8) is 0 Å². The van der Waals surface area contributed by atoms with Gasteiger partial charge >= 0.3 is 0 Å². The molecule has 58 heavy (non-hydrogen) atoms. The first-order chi connectivity index (χ1) is 28.2. The molecule has 2 N–H and O–H groups in total. The Morgan fingerprint density at radius 1 is 0.793 bits per heavy atom. The molecule has 292 valence electrons. The van der Waals surface area contributed by atoms with Crippen molar-refractivity contribution in [2.45, 2.75) is 12.8 Å². The van der Waals surface area contributed by atoms with Crippen LogP contribution in [0.15, 0.2) is 131 Å². The Bertz CT molecular complexity index is 2710. The lowest BCUT2D eigenvalue weighted by atomic mass is 9.98. The molecule has 1 amide bonds. The summed E-state index contributed by atoms with van der Waals surface area (Å²) in [7, 11) is 3.20. The summed E-state index contributed by atoms with van der Waals surface area (Å²) in [6.07, 6.45) is 8.23. The molecule has 12 nitrogen and oxygen atoms in total. The summed E-state index contributed by atoms with van der Waals surface area (Å²) in [5.74, 6) is 2.99. The van der Waals surface area contributed by atoms with Crippen LogP contribution in [0, 0.1) is 0 Å². The van der Waals surface area contributed by atoms with Gasteiger partial charge in [0.25, 0.3) is 11.1 Å². The standard InChI is InChI=1S/C22H17N3O3.C12H9N3O.C10H10Cl2O2/c1-27-17-5-6-18-14(11-17)8-10-25(22(18)26)16-4-7-20-19(12-16)24-21(28-20)15-3-2-9-23-13-15;13-9-3-4-11-10(6-9)15-12(16-11)8-2-1-5-14-7-8;1-14-8-2-3-9(10(12)13)7(6-8)4-5-11/h2-7,9,11-13H,8,10H2,1H3;1-7H,13H2;2-3,6H,4-5H2,1H3. The molecule has 4 aromatic carbocycles. The van der Waals surface area contributed by atoms with Crippen molar-refractivity contribution in [1.82, 2.24) is 19.9 Å². The molecule has 0 aliphatic carbocycles. The van der Waals surface area contributed by atoms with Gasteiger partial charge < -0.3 is 28.9 Å². The fourth-order valence-corrected chi connectivity index (χ4v) is 6.68. The number of rotatable bonds is 8. The van der Waals surface area contributed by atoms with Crippen molar-refractivity contribution >= 4 is 67.9 Å². The fourth-order valence-electron chi connectivity index (χ4n) is 6.29. The third-order valence-electron chi connectivity index (χ3n) is 9.19. The highest BCUT2D eigenvalue weighted by molar-refractivity contribution is 6.67. The number of methoxy groups -OCH3 is 2. The molecule has 0 saturated heterocycles. The van der Waals surface area contributed by atoms with Crippen LogP contribution in [0.5, 0.6) is 11.5 Å². The lowest BCUT2D eigenvalue weighted by Crippen LogP contribution is -2.37. The Morgan fingerprint density at radius 2 is 1.41 bits per heavy atom. The van der Waals surface area contributed by atoms with Crippen LogP contribution < -0.4 is 20.1 Å². The van der Waals surface area contributed by atoms with Gasteiger partial charge in [-0.2, -0.15) is 0 Å². The molecular formula is C44H36Cl2N6O6. The number of fused-ring (bicyclic) bond motifs is 3. The van der Waals surface area contributed by atoms with Gasteiger partial charge in [-0.1, -0.05) is 0 Å². The van der Waals surface area contributed by atoms with Crippen molar-refractivity contribution in [2.75, 3.05) is 37.3 Å². The van der Waals surface area contributed by atoms with Gasteiger partial charge in [0.1, 0.15) is 22.5 Å². The van der Waals surface area contributed by atoms with E-state index in [4.69, 9.17) is 47.2 Å². The van der Waals surface area contributed by atoms with E-state index in [2.05, 4.69) is 19.9 Å². The first-order valence-corrected chi connectivity index (χ1v) is 18.9. The second-order valence-corrected chi connectivity index (χ2v) is 13.6. The number of oxazole rings is 2. The summed E-state index contributed by atoms with van der Waals surface area (Å²) in [5, 5.41) is -0.465. The van der Waals surface area contributed by atoms with Gasteiger partial charge in [-0.25, -0.2) is 9.97 Å². The van der Waals surface area contributed by atoms with Crippen molar-refractivity contribution in [1.29, 1.82) is 0 Å². The first kappa shape index (κ1) is 39.5. The number of pyridine rings is 2. The molecule has 0 saturated carbocycles. The maximum atomic E-state index is 13.0. The third kappa shape index (κ3) is 8.94. The van der Waals surface area contributed by atoms with E-state index >= 15 is 0 Å². The second kappa shape index (κ2) is 18.0. The fraction of sp³-hybridized carbons (Fsp3) is 0.136. The van der Waals surface area contributed by atoms with Gasteiger partial charge in [0.05, 0.1) is 25.3 Å². The van der Waals surface area contributed by atoms with Crippen molar-refractivity contribution in [2.24, 2.45) is 0 Å². The maximum absolute atomic E-state index is 13.0. The molecular weight excluding hydrogens is 779 g/mol.